The predicted octanol–water partition coefficient (Wildman–Crippen LogP) is 2.07. The zero-order valence-corrected chi connectivity index (χ0v) is 16.7. The van der Waals surface area contributed by atoms with Gasteiger partial charge >= 0.3 is 5.69 Å². The SMILES string of the molecule is Cc1ccc(S(=O)(=O)n2cc3c(=O)n(C(C)C)c(=O)n(C(C)C)c3n2)cc1. The summed E-state index contributed by atoms with van der Waals surface area (Å²) < 4.78 is 29.1. The van der Waals surface area contributed by atoms with Crippen molar-refractivity contribution in [2.75, 3.05) is 0 Å². The van der Waals surface area contributed by atoms with Crippen molar-refractivity contribution in [3.05, 3.63) is 56.9 Å². The van der Waals surface area contributed by atoms with E-state index in [2.05, 4.69) is 5.10 Å². The second-order valence-corrected chi connectivity index (χ2v) is 8.87. The summed E-state index contributed by atoms with van der Waals surface area (Å²) in [5, 5.41) is 4.20. The largest absolute Gasteiger partial charge is 0.333 e. The zero-order valence-electron chi connectivity index (χ0n) is 15.9. The van der Waals surface area contributed by atoms with Crippen LogP contribution in [-0.2, 0) is 10.0 Å². The molecular formula is C18H22N4O4S. The van der Waals surface area contributed by atoms with Gasteiger partial charge in [0.25, 0.3) is 15.6 Å². The highest BCUT2D eigenvalue weighted by molar-refractivity contribution is 7.89. The number of hydrogen-bond donors (Lipinski definition) is 0. The topological polar surface area (TPSA) is 96.0 Å². The van der Waals surface area contributed by atoms with Crippen LogP contribution in [0.15, 0.2) is 44.9 Å². The lowest BCUT2D eigenvalue weighted by molar-refractivity contribution is 0.486. The lowest BCUT2D eigenvalue weighted by Crippen LogP contribution is -2.41. The molecule has 0 bridgehead atoms. The number of aromatic nitrogens is 4. The number of hydrogen-bond acceptors (Lipinski definition) is 5. The van der Waals surface area contributed by atoms with Crippen molar-refractivity contribution in [1.82, 2.24) is 18.3 Å². The first kappa shape index (κ1) is 19.1. The molecule has 0 saturated carbocycles. The standard InChI is InChI=1S/C18H22N4O4S/c1-11(2)21-16-15(17(23)22(12(3)4)18(21)24)10-20(19-16)27(25,26)14-8-6-13(5)7-9-14/h6-12H,1-5H3. The summed E-state index contributed by atoms with van der Waals surface area (Å²) in [6.45, 7) is 8.88. The molecule has 144 valence electrons. The Balaban J connectivity index is 2.37. The minimum absolute atomic E-state index is 0.0588. The normalized spacial score (nSPS) is 12.4. The molecule has 0 amide bonds. The maximum atomic E-state index is 12.9. The fourth-order valence-electron chi connectivity index (χ4n) is 2.96. The molecule has 1 aromatic carbocycles. The molecule has 0 aliphatic rings. The van der Waals surface area contributed by atoms with Gasteiger partial charge in [-0.05, 0) is 46.8 Å². The Bertz CT molecular complexity index is 1230. The molecule has 0 N–H and O–H groups in total. The Hall–Kier alpha value is -2.68. The van der Waals surface area contributed by atoms with E-state index in [-0.39, 0.29) is 28.0 Å². The number of benzene rings is 1. The Kier molecular flexibility index (Phi) is 4.59. The van der Waals surface area contributed by atoms with Gasteiger partial charge in [0.1, 0.15) is 5.39 Å². The van der Waals surface area contributed by atoms with Gasteiger partial charge in [-0.3, -0.25) is 13.9 Å². The summed E-state index contributed by atoms with van der Waals surface area (Å²) in [6.07, 6.45) is 1.18. The van der Waals surface area contributed by atoms with Gasteiger partial charge in [0.2, 0.25) is 0 Å². The van der Waals surface area contributed by atoms with Gasteiger partial charge in [0.05, 0.1) is 11.1 Å². The van der Waals surface area contributed by atoms with Crippen molar-refractivity contribution in [2.24, 2.45) is 0 Å². The van der Waals surface area contributed by atoms with Gasteiger partial charge in [-0.15, -0.1) is 5.10 Å². The van der Waals surface area contributed by atoms with Crippen LogP contribution in [0, 0.1) is 6.92 Å². The molecule has 8 nitrogen and oxygen atoms in total. The Morgan fingerprint density at radius 3 is 2.00 bits per heavy atom. The quantitative estimate of drug-likeness (QED) is 0.679. The molecule has 3 rings (SSSR count). The van der Waals surface area contributed by atoms with Gasteiger partial charge < -0.3 is 0 Å². The molecule has 0 aliphatic carbocycles. The maximum absolute atomic E-state index is 12.9. The van der Waals surface area contributed by atoms with E-state index >= 15 is 0 Å². The minimum Gasteiger partial charge on any atom is -0.273 e. The number of rotatable bonds is 4. The number of aryl methyl sites for hydroxylation is 1. The summed E-state index contributed by atoms with van der Waals surface area (Å²) in [7, 11) is -3.98. The summed E-state index contributed by atoms with van der Waals surface area (Å²) in [6, 6.07) is 5.68. The fraction of sp³-hybridized carbons (Fsp3) is 0.389. The van der Waals surface area contributed by atoms with Crippen LogP contribution in [0.4, 0.5) is 0 Å². The highest BCUT2D eigenvalue weighted by Crippen LogP contribution is 2.18. The number of nitrogens with zero attached hydrogens (tertiary/aromatic N) is 4. The third-order valence-electron chi connectivity index (χ3n) is 4.36. The van der Waals surface area contributed by atoms with E-state index in [1.54, 1.807) is 39.8 Å². The van der Waals surface area contributed by atoms with E-state index in [0.29, 0.717) is 0 Å². The average Bonchev–Trinajstić information content (AvgIpc) is 3.00. The second kappa shape index (κ2) is 6.49. The average molecular weight is 390 g/mol. The summed E-state index contributed by atoms with van der Waals surface area (Å²) in [5.41, 5.74) is -0.0663. The number of fused-ring (bicyclic) bond motifs is 1. The van der Waals surface area contributed by atoms with Crippen molar-refractivity contribution in [3.8, 4) is 0 Å². The highest BCUT2D eigenvalue weighted by Gasteiger charge is 2.24. The first-order valence-electron chi connectivity index (χ1n) is 8.64. The van der Waals surface area contributed by atoms with Crippen molar-refractivity contribution >= 4 is 21.1 Å². The molecular weight excluding hydrogens is 368 g/mol. The molecule has 3 aromatic rings. The van der Waals surface area contributed by atoms with Crippen molar-refractivity contribution in [1.29, 1.82) is 0 Å². The van der Waals surface area contributed by atoms with Gasteiger partial charge in [0.15, 0.2) is 5.65 Å². The van der Waals surface area contributed by atoms with Crippen LogP contribution in [0.1, 0.15) is 45.3 Å². The molecule has 0 saturated heterocycles. The van der Waals surface area contributed by atoms with Crippen LogP contribution in [-0.4, -0.2) is 26.7 Å². The molecule has 0 unspecified atom stereocenters. The third-order valence-corrected chi connectivity index (χ3v) is 5.91. The molecule has 2 heterocycles. The molecule has 0 aliphatic heterocycles. The van der Waals surface area contributed by atoms with E-state index in [1.807, 2.05) is 6.92 Å². The first-order valence-corrected chi connectivity index (χ1v) is 10.1. The summed E-state index contributed by atoms with van der Waals surface area (Å²) in [4.78, 5) is 25.6. The van der Waals surface area contributed by atoms with Crippen LogP contribution >= 0.6 is 0 Å². The first-order chi connectivity index (χ1) is 12.6. The fourth-order valence-corrected chi connectivity index (χ4v) is 4.08. The molecule has 0 spiro atoms. The molecule has 0 radical (unpaired) electrons. The van der Waals surface area contributed by atoms with E-state index in [1.165, 1.54) is 22.9 Å². The molecule has 0 atom stereocenters. The summed E-state index contributed by atoms with van der Waals surface area (Å²) in [5.74, 6) is 0. The predicted molar refractivity (Wildman–Crippen MR) is 103 cm³/mol. The van der Waals surface area contributed by atoms with Crippen LogP contribution < -0.4 is 11.2 Å². The smallest absolute Gasteiger partial charge is 0.273 e. The van der Waals surface area contributed by atoms with E-state index in [0.717, 1.165) is 14.2 Å². The van der Waals surface area contributed by atoms with Gasteiger partial charge in [0, 0.05) is 12.1 Å². The lowest BCUT2D eigenvalue weighted by atomic mass is 10.2. The van der Waals surface area contributed by atoms with Crippen molar-refractivity contribution in [2.45, 2.75) is 51.6 Å². The van der Waals surface area contributed by atoms with Crippen LogP contribution in [0.25, 0.3) is 11.0 Å². The Morgan fingerprint density at radius 2 is 1.48 bits per heavy atom. The maximum Gasteiger partial charge on any atom is 0.333 e. The lowest BCUT2D eigenvalue weighted by Gasteiger charge is -2.15. The van der Waals surface area contributed by atoms with Crippen LogP contribution in [0.2, 0.25) is 0 Å². The van der Waals surface area contributed by atoms with Crippen molar-refractivity contribution < 1.29 is 8.42 Å². The van der Waals surface area contributed by atoms with Gasteiger partial charge in [-0.25, -0.2) is 4.79 Å². The van der Waals surface area contributed by atoms with Gasteiger partial charge in [-0.2, -0.15) is 12.5 Å². The Labute approximate surface area is 156 Å². The van der Waals surface area contributed by atoms with Crippen LogP contribution in [0.3, 0.4) is 0 Å². The molecule has 0 fully saturated rings. The van der Waals surface area contributed by atoms with E-state index in [9.17, 15) is 18.0 Å². The Morgan fingerprint density at radius 1 is 0.926 bits per heavy atom. The molecule has 9 heteroatoms. The van der Waals surface area contributed by atoms with Gasteiger partial charge in [-0.1, -0.05) is 17.7 Å². The van der Waals surface area contributed by atoms with Crippen LogP contribution in [0.5, 0.6) is 0 Å². The van der Waals surface area contributed by atoms with E-state index in [4.69, 9.17) is 0 Å². The minimum atomic E-state index is -3.98. The highest BCUT2D eigenvalue weighted by atomic mass is 32.2. The zero-order chi connectivity index (χ0) is 20.1. The van der Waals surface area contributed by atoms with E-state index < -0.39 is 21.3 Å². The monoisotopic (exact) mass is 390 g/mol. The second-order valence-electron chi connectivity index (χ2n) is 7.07. The molecule has 2 aromatic heterocycles. The third kappa shape index (κ3) is 3.01. The van der Waals surface area contributed by atoms with Crippen molar-refractivity contribution in [3.63, 3.8) is 0 Å². The molecule has 27 heavy (non-hydrogen) atoms. The summed E-state index contributed by atoms with van der Waals surface area (Å²) >= 11 is 0.